The molecule has 2 heterocycles. The summed E-state index contributed by atoms with van der Waals surface area (Å²) in [6.45, 7) is 0.0772. The number of rotatable bonds is 2. The van der Waals surface area contributed by atoms with Crippen LogP contribution in [0.3, 0.4) is 0 Å². The summed E-state index contributed by atoms with van der Waals surface area (Å²) in [6.07, 6.45) is 0. The van der Waals surface area contributed by atoms with Crippen molar-refractivity contribution in [2.24, 2.45) is 0 Å². The number of hydrogen-bond donors (Lipinski definition) is 1. The molecule has 7 heteroatoms. The molecule has 2 aromatic rings. The van der Waals surface area contributed by atoms with Crippen LogP contribution in [0.1, 0.15) is 0 Å². The number of nitrogens with two attached hydrogens (primary N) is 1. The lowest BCUT2D eigenvalue weighted by atomic mass is 10.1. The molecule has 1 fully saturated rings. The van der Waals surface area contributed by atoms with E-state index in [0.717, 1.165) is 0 Å². The lowest BCUT2D eigenvalue weighted by Crippen LogP contribution is -2.52. The first-order valence-electron chi connectivity index (χ1n) is 6.42. The molecule has 1 aliphatic rings. The van der Waals surface area contributed by atoms with Gasteiger partial charge in [0.15, 0.2) is 0 Å². The van der Waals surface area contributed by atoms with Gasteiger partial charge in [0.2, 0.25) is 17.7 Å². The normalized spacial score (nSPS) is 15.7. The van der Waals surface area contributed by atoms with Crippen LogP contribution < -0.4 is 10.6 Å². The Labute approximate surface area is 120 Å². The van der Waals surface area contributed by atoms with E-state index in [1.807, 2.05) is 12.1 Å². The summed E-state index contributed by atoms with van der Waals surface area (Å²) in [5, 5.41) is 3.87. The van der Waals surface area contributed by atoms with Gasteiger partial charge in [0.1, 0.15) is 12.2 Å². The number of amides is 2. The van der Waals surface area contributed by atoms with Crippen LogP contribution in [0.4, 0.5) is 11.6 Å². The molecular formula is C14H14N4O3. The average Bonchev–Trinajstić information content (AvgIpc) is 2.89. The van der Waals surface area contributed by atoms with E-state index < -0.39 is 0 Å². The topological polar surface area (TPSA) is 92.7 Å². The summed E-state index contributed by atoms with van der Waals surface area (Å²) < 4.78 is 4.88. The fourth-order valence-electron chi connectivity index (χ4n) is 2.28. The van der Waals surface area contributed by atoms with Gasteiger partial charge in [-0.1, -0.05) is 23.4 Å². The van der Waals surface area contributed by atoms with E-state index >= 15 is 0 Å². The minimum atomic E-state index is -0.138. The second-order valence-corrected chi connectivity index (χ2v) is 4.86. The third kappa shape index (κ3) is 2.33. The van der Waals surface area contributed by atoms with E-state index in [-0.39, 0.29) is 30.8 Å². The zero-order valence-electron chi connectivity index (χ0n) is 11.4. The van der Waals surface area contributed by atoms with Gasteiger partial charge in [-0.25, -0.2) is 0 Å². The van der Waals surface area contributed by atoms with Crippen LogP contribution in [0.2, 0.25) is 0 Å². The van der Waals surface area contributed by atoms with Crippen molar-refractivity contribution >= 4 is 23.4 Å². The second-order valence-electron chi connectivity index (χ2n) is 4.86. The third-order valence-corrected chi connectivity index (χ3v) is 3.39. The van der Waals surface area contributed by atoms with Crippen LogP contribution in [0, 0.1) is 0 Å². The predicted octanol–water partition coefficient (Wildman–Crippen LogP) is 0.729. The molecule has 1 saturated heterocycles. The van der Waals surface area contributed by atoms with Crippen molar-refractivity contribution in [2.45, 2.75) is 0 Å². The van der Waals surface area contributed by atoms with Crippen molar-refractivity contribution in [3.05, 3.63) is 30.3 Å². The maximum Gasteiger partial charge on any atom is 0.247 e. The number of benzene rings is 1. The molecule has 0 aliphatic carbocycles. The minimum absolute atomic E-state index is 0.0136. The number of piperazine rings is 1. The van der Waals surface area contributed by atoms with E-state index in [1.54, 1.807) is 25.2 Å². The molecule has 2 amide bonds. The number of para-hydroxylation sites is 1. The Morgan fingerprint density at radius 3 is 2.67 bits per heavy atom. The molecule has 2 N–H and O–H groups in total. The molecule has 21 heavy (non-hydrogen) atoms. The predicted molar refractivity (Wildman–Crippen MR) is 76.3 cm³/mol. The SMILES string of the molecule is CN1CC(=O)N(c2ccccc2-c2cc(N)on2)CC1=O. The highest BCUT2D eigenvalue weighted by atomic mass is 16.5. The van der Waals surface area contributed by atoms with Crippen LogP contribution >= 0.6 is 0 Å². The third-order valence-electron chi connectivity index (χ3n) is 3.39. The van der Waals surface area contributed by atoms with Crippen LogP contribution in [-0.4, -0.2) is 42.0 Å². The highest BCUT2D eigenvalue weighted by molar-refractivity contribution is 6.06. The number of anilines is 2. The summed E-state index contributed by atoms with van der Waals surface area (Å²) >= 11 is 0. The van der Waals surface area contributed by atoms with E-state index in [4.69, 9.17) is 10.3 Å². The van der Waals surface area contributed by atoms with Crippen molar-refractivity contribution in [1.29, 1.82) is 0 Å². The Kier molecular flexibility index (Phi) is 3.09. The van der Waals surface area contributed by atoms with Gasteiger partial charge >= 0.3 is 0 Å². The van der Waals surface area contributed by atoms with Crippen molar-refractivity contribution in [3.63, 3.8) is 0 Å². The van der Waals surface area contributed by atoms with Gasteiger partial charge in [-0.05, 0) is 6.07 Å². The van der Waals surface area contributed by atoms with E-state index in [0.29, 0.717) is 16.9 Å². The largest absolute Gasteiger partial charge is 0.368 e. The van der Waals surface area contributed by atoms with Crippen LogP contribution in [0.5, 0.6) is 0 Å². The highest BCUT2D eigenvalue weighted by Crippen LogP contribution is 2.31. The van der Waals surface area contributed by atoms with Gasteiger partial charge in [0.05, 0.1) is 12.2 Å². The van der Waals surface area contributed by atoms with Gasteiger partial charge in [-0.2, -0.15) is 0 Å². The number of nitrogens with zero attached hydrogens (tertiary/aromatic N) is 3. The molecule has 0 bridgehead atoms. The summed E-state index contributed by atoms with van der Waals surface area (Å²) in [5.74, 6) is -0.0503. The first-order chi connectivity index (χ1) is 10.1. The maximum atomic E-state index is 12.2. The molecule has 0 spiro atoms. The van der Waals surface area contributed by atoms with Gasteiger partial charge < -0.3 is 20.1 Å². The molecule has 1 aromatic carbocycles. The molecule has 1 aromatic heterocycles. The zero-order chi connectivity index (χ0) is 15.0. The number of aromatic nitrogens is 1. The zero-order valence-corrected chi connectivity index (χ0v) is 11.4. The maximum absolute atomic E-state index is 12.2. The molecule has 0 saturated carbocycles. The summed E-state index contributed by atoms with van der Waals surface area (Å²) in [6, 6.07) is 8.80. The van der Waals surface area contributed by atoms with Crippen molar-refractivity contribution in [1.82, 2.24) is 10.1 Å². The Morgan fingerprint density at radius 1 is 1.19 bits per heavy atom. The van der Waals surface area contributed by atoms with Crippen LogP contribution in [0.25, 0.3) is 11.3 Å². The molecule has 3 rings (SSSR count). The lowest BCUT2D eigenvalue weighted by molar-refractivity contribution is -0.136. The van der Waals surface area contributed by atoms with E-state index in [9.17, 15) is 9.59 Å². The smallest absolute Gasteiger partial charge is 0.247 e. The molecule has 0 unspecified atom stereocenters. The van der Waals surface area contributed by atoms with E-state index in [1.165, 1.54) is 9.80 Å². The van der Waals surface area contributed by atoms with Gasteiger partial charge in [0, 0.05) is 18.7 Å². The quantitative estimate of drug-likeness (QED) is 0.878. The first-order valence-corrected chi connectivity index (χ1v) is 6.42. The number of carbonyl (C=O) groups is 2. The average molecular weight is 286 g/mol. The lowest BCUT2D eigenvalue weighted by Gasteiger charge is -2.32. The molecule has 0 radical (unpaired) electrons. The molecule has 0 atom stereocenters. The molecular weight excluding hydrogens is 272 g/mol. The second kappa shape index (κ2) is 4.93. The summed E-state index contributed by atoms with van der Waals surface area (Å²) in [5.41, 5.74) is 7.39. The van der Waals surface area contributed by atoms with E-state index in [2.05, 4.69) is 5.16 Å². The summed E-state index contributed by atoms with van der Waals surface area (Å²) in [4.78, 5) is 26.9. The minimum Gasteiger partial charge on any atom is -0.368 e. The van der Waals surface area contributed by atoms with Gasteiger partial charge in [-0.3, -0.25) is 9.59 Å². The number of carbonyl (C=O) groups excluding carboxylic acids is 2. The summed E-state index contributed by atoms with van der Waals surface area (Å²) in [7, 11) is 1.61. The van der Waals surface area contributed by atoms with Crippen LogP contribution in [0.15, 0.2) is 34.9 Å². The van der Waals surface area contributed by atoms with Gasteiger partial charge in [-0.15, -0.1) is 0 Å². The molecule has 7 nitrogen and oxygen atoms in total. The molecule has 108 valence electrons. The fraction of sp³-hybridized carbons (Fsp3) is 0.214. The van der Waals surface area contributed by atoms with Gasteiger partial charge in [0.25, 0.3) is 0 Å². The molecule has 1 aliphatic heterocycles. The fourth-order valence-corrected chi connectivity index (χ4v) is 2.28. The Balaban J connectivity index is 2.03. The highest BCUT2D eigenvalue weighted by Gasteiger charge is 2.30. The standard InChI is InChI=1S/C14H14N4O3/c1-17-7-14(20)18(8-13(17)19)11-5-3-2-4-9(11)10-6-12(15)21-16-10/h2-6H,7-8,15H2,1H3. The monoisotopic (exact) mass is 286 g/mol. The number of nitrogen functional groups attached to an aromatic ring is 1. The van der Waals surface area contributed by atoms with Crippen molar-refractivity contribution in [2.75, 3.05) is 30.8 Å². The van der Waals surface area contributed by atoms with Crippen LogP contribution in [-0.2, 0) is 9.59 Å². The Bertz CT molecular complexity index is 710. The Morgan fingerprint density at radius 2 is 1.95 bits per heavy atom. The number of hydrogen-bond acceptors (Lipinski definition) is 5. The Hall–Kier alpha value is -2.83. The van der Waals surface area contributed by atoms with Crippen molar-refractivity contribution in [3.8, 4) is 11.3 Å². The first kappa shape index (κ1) is 13.2. The van der Waals surface area contributed by atoms with Crippen molar-refractivity contribution < 1.29 is 14.1 Å². The number of likely N-dealkylation sites (N-methyl/N-ethyl adjacent to an activating group) is 1.